The summed E-state index contributed by atoms with van der Waals surface area (Å²) in [7, 11) is 0. The van der Waals surface area contributed by atoms with Gasteiger partial charge in [0.1, 0.15) is 0 Å². The van der Waals surface area contributed by atoms with Crippen LogP contribution in [0.1, 0.15) is 31.2 Å². The lowest BCUT2D eigenvalue weighted by molar-refractivity contribution is -0.131. The summed E-state index contributed by atoms with van der Waals surface area (Å²) in [6.07, 6.45) is 5.42. The van der Waals surface area contributed by atoms with Gasteiger partial charge < -0.3 is 10.2 Å². The van der Waals surface area contributed by atoms with Crippen LogP contribution in [0.15, 0.2) is 29.2 Å². The topological polar surface area (TPSA) is 32.3 Å². The van der Waals surface area contributed by atoms with Crippen molar-refractivity contribution in [3.63, 3.8) is 0 Å². The molecule has 0 radical (unpaired) electrons. The highest BCUT2D eigenvalue weighted by molar-refractivity contribution is 8.00. The molecule has 0 aliphatic carbocycles. The van der Waals surface area contributed by atoms with E-state index >= 15 is 0 Å². The second-order valence-corrected chi connectivity index (χ2v) is 7.29. The molecule has 3 rings (SSSR count). The van der Waals surface area contributed by atoms with Crippen molar-refractivity contribution in [3.8, 4) is 0 Å². The summed E-state index contributed by atoms with van der Waals surface area (Å²) in [5.74, 6) is 0.324. The van der Waals surface area contributed by atoms with Gasteiger partial charge in [-0.2, -0.15) is 0 Å². The molecule has 21 heavy (non-hydrogen) atoms. The second-order valence-electron chi connectivity index (χ2n) is 5.95. The Balaban J connectivity index is 1.33. The van der Waals surface area contributed by atoms with Crippen molar-refractivity contribution in [1.29, 1.82) is 0 Å². The Bertz CT molecular complexity index is 460. The number of rotatable bonds is 5. The zero-order valence-electron chi connectivity index (χ0n) is 12.5. The number of amides is 1. The van der Waals surface area contributed by atoms with E-state index in [1.165, 1.54) is 29.7 Å². The summed E-state index contributed by atoms with van der Waals surface area (Å²) >= 11 is 1.97. The van der Waals surface area contributed by atoms with Gasteiger partial charge in [0.05, 0.1) is 0 Å². The van der Waals surface area contributed by atoms with Crippen LogP contribution in [0.3, 0.4) is 0 Å². The lowest BCUT2D eigenvalue weighted by Gasteiger charge is -2.26. The van der Waals surface area contributed by atoms with Gasteiger partial charge in [-0.1, -0.05) is 18.2 Å². The second kappa shape index (κ2) is 7.32. The molecule has 1 N–H and O–H groups in total. The number of carbonyl (C=O) groups is 1. The van der Waals surface area contributed by atoms with Gasteiger partial charge in [0, 0.05) is 42.7 Å². The first-order valence-corrected chi connectivity index (χ1v) is 8.94. The van der Waals surface area contributed by atoms with Gasteiger partial charge in [0.25, 0.3) is 0 Å². The number of thioether (sulfide) groups is 1. The Kier molecular flexibility index (Phi) is 5.20. The first-order chi connectivity index (χ1) is 10.3. The highest BCUT2D eigenvalue weighted by Gasteiger charge is 2.21. The molecule has 1 atom stereocenters. The molecule has 0 saturated carbocycles. The van der Waals surface area contributed by atoms with E-state index in [4.69, 9.17) is 0 Å². The van der Waals surface area contributed by atoms with Crippen LogP contribution in [0.2, 0.25) is 0 Å². The average molecular weight is 304 g/mol. The normalized spacial score (nSPS) is 21.3. The fraction of sp³-hybridized carbons (Fsp3) is 0.588. The van der Waals surface area contributed by atoms with Crippen molar-refractivity contribution in [2.75, 3.05) is 26.2 Å². The summed E-state index contributed by atoms with van der Waals surface area (Å²) in [5.41, 5.74) is 1.47. The number of hydrogen-bond acceptors (Lipinski definition) is 3. The summed E-state index contributed by atoms with van der Waals surface area (Å²) in [4.78, 5) is 15.5. The Morgan fingerprint density at radius 2 is 2.05 bits per heavy atom. The van der Waals surface area contributed by atoms with Crippen LogP contribution < -0.4 is 5.32 Å². The highest BCUT2D eigenvalue weighted by atomic mass is 32.2. The molecule has 1 aromatic rings. The van der Waals surface area contributed by atoms with E-state index in [1.807, 2.05) is 16.7 Å². The zero-order valence-corrected chi connectivity index (χ0v) is 13.3. The molecule has 0 aromatic heterocycles. The van der Waals surface area contributed by atoms with Crippen LogP contribution in [0.4, 0.5) is 0 Å². The molecular formula is C17H24N2OS. The lowest BCUT2D eigenvalue weighted by atomic mass is 10.1. The maximum Gasteiger partial charge on any atom is 0.223 e. The standard InChI is InChI=1S/C17H24N2OS/c20-17(19-10-4-1-5-11-19)8-9-18-13-15-12-14-6-2-3-7-16(14)21-15/h2-3,6-7,15,18H,1,4-5,8-13H2. The minimum absolute atomic E-state index is 0.324. The van der Waals surface area contributed by atoms with Gasteiger partial charge >= 0.3 is 0 Å². The molecule has 1 amide bonds. The molecule has 3 nitrogen and oxygen atoms in total. The number of nitrogens with zero attached hydrogens (tertiary/aromatic N) is 1. The largest absolute Gasteiger partial charge is 0.343 e. The number of benzene rings is 1. The zero-order chi connectivity index (χ0) is 14.5. The maximum atomic E-state index is 12.1. The first kappa shape index (κ1) is 14.9. The SMILES string of the molecule is O=C(CCNCC1Cc2ccccc2S1)N1CCCCC1. The third-order valence-electron chi connectivity index (χ3n) is 4.31. The molecular weight excluding hydrogens is 280 g/mol. The molecule has 0 spiro atoms. The van der Waals surface area contributed by atoms with E-state index < -0.39 is 0 Å². The average Bonchev–Trinajstić information content (AvgIpc) is 2.95. The van der Waals surface area contributed by atoms with Crippen LogP contribution in [0.5, 0.6) is 0 Å². The number of piperidine rings is 1. The van der Waals surface area contributed by atoms with Gasteiger partial charge in [-0.25, -0.2) is 0 Å². The number of nitrogens with one attached hydrogen (secondary N) is 1. The number of fused-ring (bicyclic) bond motifs is 1. The Morgan fingerprint density at radius 3 is 2.86 bits per heavy atom. The minimum Gasteiger partial charge on any atom is -0.343 e. The van der Waals surface area contributed by atoms with E-state index in [9.17, 15) is 4.79 Å². The van der Waals surface area contributed by atoms with Gasteiger partial charge in [0.2, 0.25) is 5.91 Å². The van der Waals surface area contributed by atoms with Crippen LogP contribution in [0.25, 0.3) is 0 Å². The van der Waals surface area contributed by atoms with Gasteiger partial charge in [-0.05, 0) is 37.3 Å². The van der Waals surface area contributed by atoms with Crippen LogP contribution in [-0.4, -0.2) is 42.2 Å². The fourth-order valence-electron chi connectivity index (χ4n) is 3.13. The molecule has 4 heteroatoms. The summed E-state index contributed by atoms with van der Waals surface area (Å²) < 4.78 is 0. The third kappa shape index (κ3) is 4.01. The van der Waals surface area contributed by atoms with Crippen molar-refractivity contribution in [2.24, 2.45) is 0 Å². The minimum atomic E-state index is 0.324. The van der Waals surface area contributed by atoms with E-state index in [0.29, 0.717) is 17.6 Å². The van der Waals surface area contributed by atoms with Gasteiger partial charge in [-0.3, -0.25) is 4.79 Å². The third-order valence-corrected chi connectivity index (χ3v) is 5.63. The number of hydrogen-bond donors (Lipinski definition) is 1. The van der Waals surface area contributed by atoms with Crippen molar-refractivity contribution in [3.05, 3.63) is 29.8 Å². The fourth-order valence-corrected chi connectivity index (χ4v) is 4.41. The molecule has 0 bridgehead atoms. The van der Waals surface area contributed by atoms with Gasteiger partial charge in [-0.15, -0.1) is 11.8 Å². The molecule has 1 saturated heterocycles. The monoisotopic (exact) mass is 304 g/mol. The molecule has 114 valence electrons. The molecule has 2 heterocycles. The van der Waals surface area contributed by atoms with Gasteiger partial charge in [0.15, 0.2) is 0 Å². The quantitative estimate of drug-likeness (QED) is 0.849. The van der Waals surface area contributed by atoms with Crippen molar-refractivity contribution >= 4 is 17.7 Å². The van der Waals surface area contributed by atoms with E-state index in [1.54, 1.807) is 0 Å². The Hall–Kier alpha value is -1.00. The van der Waals surface area contributed by atoms with Crippen molar-refractivity contribution in [1.82, 2.24) is 10.2 Å². The summed E-state index contributed by atoms with van der Waals surface area (Å²) in [6, 6.07) is 8.66. The first-order valence-electron chi connectivity index (χ1n) is 8.06. The van der Waals surface area contributed by atoms with Crippen molar-refractivity contribution < 1.29 is 4.79 Å². The number of likely N-dealkylation sites (tertiary alicyclic amines) is 1. The molecule has 2 aliphatic heterocycles. The molecule has 1 unspecified atom stereocenters. The molecule has 1 aromatic carbocycles. The van der Waals surface area contributed by atoms with E-state index in [0.717, 1.165) is 32.6 Å². The predicted octanol–water partition coefficient (Wildman–Crippen LogP) is 2.70. The van der Waals surface area contributed by atoms with Crippen LogP contribution >= 0.6 is 11.8 Å². The summed E-state index contributed by atoms with van der Waals surface area (Å²) in [6.45, 7) is 3.73. The Morgan fingerprint density at radius 1 is 1.24 bits per heavy atom. The predicted molar refractivity (Wildman–Crippen MR) is 87.7 cm³/mol. The summed E-state index contributed by atoms with van der Waals surface area (Å²) in [5, 5.41) is 4.08. The van der Waals surface area contributed by atoms with Crippen LogP contribution in [-0.2, 0) is 11.2 Å². The highest BCUT2D eigenvalue weighted by Crippen LogP contribution is 2.36. The van der Waals surface area contributed by atoms with E-state index in [-0.39, 0.29) is 0 Å². The smallest absolute Gasteiger partial charge is 0.223 e. The molecule has 1 fully saturated rings. The number of carbonyl (C=O) groups excluding carboxylic acids is 1. The Labute approximate surface area is 131 Å². The van der Waals surface area contributed by atoms with E-state index in [2.05, 4.69) is 29.6 Å². The van der Waals surface area contributed by atoms with Crippen molar-refractivity contribution in [2.45, 2.75) is 42.2 Å². The lowest BCUT2D eigenvalue weighted by Crippen LogP contribution is -2.37. The maximum absolute atomic E-state index is 12.1. The van der Waals surface area contributed by atoms with Crippen LogP contribution in [0, 0.1) is 0 Å². The molecule has 2 aliphatic rings.